The van der Waals surface area contributed by atoms with Crippen LogP contribution in [-0.2, 0) is 4.79 Å². The SMILES string of the molecule is CN(C)C.O=CCN1CCC(n2cnc3cnc4ccc(C5=CPCC(C(F)(F)F)=C5)nc4c32)CC1. The van der Waals surface area contributed by atoms with E-state index in [1.807, 2.05) is 31.9 Å². The van der Waals surface area contributed by atoms with Gasteiger partial charge < -0.3 is 14.3 Å². The number of piperidine rings is 1. The molecule has 3 aromatic rings. The molecule has 192 valence electrons. The number of alkyl halides is 3. The summed E-state index contributed by atoms with van der Waals surface area (Å²) in [6, 6.07) is 3.75. The fourth-order valence-corrected chi connectivity index (χ4v) is 5.45. The van der Waals surface area contributed by atoms with Crippen molar-refractivity contribution < 1.29 is 18.0 Å². The highest BCUT2D eigenvalue weighted by Gasteiger charge is 2.34. The molecule has 1 saturated heterocycles. The van der Waals surface area contributed by atoms with Crippen molar-refractivity contribution in [1.82, 2.24) is 29.3 Å². The van der Waals surface area contributed by atoms with Crippen LogP contribution in [0.2, 0.25) is 0 Å². The second kappa shape index (κ2) is 11.2. The highest BCUT2D eigenvalue weighted by atomic mass is 31.1. The lowest BCUT2D eigenvalue weighted by atomic mass is 10.0. The van der Waals surface area contributed by atoms with E-state index >= 15 is 0 Å². The first-order chi connectivity index (χ1) is 17.2. The normalized spacial score (nSPS) is 18.3. The summed E-state index contributed by atoms with van der Waals surface area (Å²) in [5.41, 5.74) is 3.37. The van der Waals surface area contributed by atoms with Crippen LogP contribution < -0.4 is 0 Å². The van der Waals surface area contributed by atoms with Gasteiger partial charge in [0.05, 0.1) is 35.8 Å². The minimum absolute atomic E-state index is 0.0158. The van der Waals surface area contributed by atoms with Crippen LogP contribution >= 0.6 is 8.58 Å². The number of likely N-dealkylation sites (tertiary alicyclic amines) is 1. The summed E-state index contributed by atoms with van der Waals surface area (Å²) in [5.74, 6) is 1.83. The largest absolute Gasteiger partial charge is 0.413 e. The predicted octanol–water partition coefficient (Wildman–Crippen LogP) is 4.51. The number of aromatic nitrogens is 4. The Balaban J connectivity index is 0.000000709. The molecule has 2 aliphatic heterocycles. The number of aldehydes is 1. The second-order valence-corrected chi connectivity index (χ2v) is 10.4. The van der Waals surface area contributed by atoms with Gasteiger partial charge in [-0.1, -0.05) is 14.4 Å². The average molecular weight is 519 g/mol. The molecule has 0 amide bonds. The number of nitrogens with zero attached hydrogens (tertiary/aromatic N) is 6. The number of halogens is 3. The third-order valence-electron chi connectivity index (χ3n) is 6.07. The van der Waals surface area contributed by atoms with Crippen LogP contribution in [0.3, 0.4) is 0 Å². The van der Waals surface area contributed by atoms with Gasteiger partial charge in [0.15, 0.2) is 0 Å². The molecule has 7 nitrogen and oxygen atoms in total. The molecule has 2 aliphatic rings. The molecule has 3 aromatic heterocycles. The Morgan fingerprint density at radius 2 is 1.86 bits per heavy atom. The summed E-state index contributed by atoms with van der Waals surface area (Å²) in [6.07, 6.45) is 3.09. The topological polar surface area (TPSA) is 67.2 Å². The van der Waals surface area contributed by atoms with Crippen molar-refractivity contribution in [3.05, 3.63) is 47.8 Å². The van der Waals surface area contributed by atoms with Gasteiger partial charge in [-0.05, 0) is 58.4 Å². The fraction of sp³-hybridized carbons (Fsp3) is 0.440. The molecule has 0 aromatic carbocycles. The second-order valence-electron chi connectivity index (χ2n) is 9.40. The van der Waals surface area contributed by atoms with Gasteiger partial charge in [0, 0.05) is 30.3 Å². The molecule has 0 N–H and O–H groups in total. The predicted molar refractivity (Wildman–Crippen MR) is 139 cm³/mol. The Bertz CT molecular complexity index is 1290. The molecule has 1 fully saturated rings. The molecule has 1 unspecified atom stereocenters. The summed E-state index contributed by atoms with van der Waals surface area (Å²) in [7, 11) is 6.07. The minimum atomic E-state index is -4.32. The fourth-order valence-electron chi connectivity index (χ4n) is 4.38. The number of allylic oxidation sites excluding steroid dienone is 3. The van der Waals surface area contributed by atoms with Gasteiger partial charge in [0.25, 0.3) is 0 Å². The van der Waals surface area contributed by atoms with E-state index < -0.39 is 11.7 Å². The van der Waals surface area contributed by atoms with Crippen molar-refractivity contribution in [2.45, 2.75) is 25.1 Å². The molecular formula is C25H30F3N6OP. The highest BCUT2D eigenvalue weighted by Crippen LogP contribution is 2.39. The van der Waals surface area contributed by atoms with Crippen molar-refractivity contribution in [1.29, 1.82) is 0 Å². The molecule has 1 atom stereocenters. The van der Waals surface area contributed by atoms with Crippen LogP contribution in [0.25, 0.3) is 27.6 Å². The van der Waals surface area contributed by atoms with Gasteiger partial charge in [-0.15, -0.1) is 0 Å². The molecule has 0 bridgehead atoms. The number of hydrogen-bond acceptors (Lipinski definition) is 6. The first-order valence-electron chi connectivity index (χ1n) is 11.8. The number of carbonyl (C=O) groups is 1. The van der Waals surface area contributed by atoms with Crippen LogP contribution in [-0.4, -0.2) is 88.7 Å². The number of carbonyl (C=O) groups excluding carboxylic acids is 1. The van der Waals surface area contributed by atoms with Crippen LogP contribution in [0.4, 0.5) is 13.2 Å². The van der Waals surface area contributed by atoms with E-state index in [0.29, 0.717) is 34.4 Å². The molecule has 36 heavy (non-hydrogen) atoms. The van der Waals surface area contributed by atoms with E-state index in [9.17, 15) is 18.0 Å². The number of imidazole rings is 1. The lowest BCUT2D eigenvalue weighted by Gasteiger charge is -2.31. The number of pyridine rings is 2. The van der Waals surface area contributed by atoms with E-state index in [4.69, 9.17) is 4.98 Å². The summed E-state index contributed by atoms with van der Waals surface area (Å²) >= 11 is 0. The Morgan fingerprint density at radius 3 is 2.53 bits per heavy atom. The van der Waals surface area contributed by atoms with Crippen LogP contribution in [0, 0.1) is 0 Å². The molecule has 0 radical (unpaired) electrons. The maximum atomic E-state index is 13.2. The summed E-state index contributed by atoms with van der Waals surface area (Å²) in [5, 5.41) is 0. The first-order valence-corrected chi connectivity index (χ1v) is 13.1. The number of hydrogen-bond donors (Lipinski definition) is 0. The maximum Gasteiger partial charge on any atom is 0.413 e. The third kappa shape index (κ3) is 5.99. The lowest BCUT2D eigenvalue weighted by molar-refractivity contribution is -0.109. The van der Waals surface area contributed by atoms with Crippen LogP contribution in [0.5, 0.6) is 0 Å². The molecule has 11 heteroatoms. The molecule has 0 aliphatic carbocycles. The minimum Gasteiger partial charge on any atom is -0.325 e. The van der Waals surface area contributed by atoms with Gasteiger partial charge in [0.1, 0.15) is 17.3 Å². The van der Waals surface area contributed by atoms with E-state index in [0.717, 1.165) is 37.7 Å². The lowest BCUT2D eigenvalue weighted by Crippen LogP contribution is -2.35. The van der Waals surface area contributed by atoms with Gasteiger partial charge in [-0.3, -0.25) is 9.88 Å². The molecular weight excluding hydrogens is 488 g/mol. The quantitative estimate of drug-likeness (QED) is 0.374. The monoisotopic (exact) mass is 518 g/mol. The smallest absolute Gasteiger partial charge is 0.325 e. The zero-order chi connectivity index (χ0) is 25.9. The zero-order valence-electron chi connectivity index (χ0n) is 20.6. The van der Waals surface area contributed by atoms with Crippen molar-refractivity contribution >= 4 is 42.5 Å². The molecule has 0 spiro atoms. The van der Waals surface area contributed by atoms with Crippen molar-refractivity contribution in [3.63, 3.8) is 0 Å². The van der Waals surface area contributed by atoms with Crippen molar-refractivity contribution in [3.8, 4) is 0 Å². The van der Waals surface area contributed by atoms with Crippen LogP contribution in [0.15, 0.2) is 42.1 Å². The van der Waals surface area contributed by atoms with Gasteiger partial charge >= 0.3 is 6.18 Å². The maximum absolute atomic E-state index is 13.2. The van der Waals surface area contributed by atoms with E-state index in [1.54, 1.807) is 24.7 Å². The number of fused-ring (bicyclic) bond motifs is 3. The van der Waals surface area contributed by atoms with Gasteiger partial charge in [-0.25, -0.2) is 9.97 Å². The highest BCUT2D eigenvalue weighted by molar-refractivity contribution is 7.42. The first kappa shape index (κ1) is 26.4. The Morgan fingerprint density at radius 1 is 1.14 bits per heavy atom. The molecule has 5 rings (SSSR count). The van der Waals surface area contributed by atoms with E-state index in [2.05, 4.69) is 19.4 Å². The Labute approximate surface area is 209 Å². The standard InChI is InChI=1S/C22H21F3N5OP.C3H9N/c23-22(24,25)15-9-14(11-32-12-15)17-1-2-18-20(28-17)21-19(10-26-18)27-13-30(21)16-3-5-29(6-4-16)7-8-31;1-4(2)3/h1-2,8-11,13,16,32H,3-7,12H2;1-3H3. The van der Waals surface area contributed by atoms with Crippen LogP contribution in [0.1, 0.15) is 24.6 Å². The van der Waals surface area contributed by atoms with Crippen molar-refractivity contribution in [2.24, 2.45) is 0 Å². The Kier molecular flexibility index (Phi) is 8.17. The third-order valence-corrected chi connectivity index (χ3v) is 7.17. The Hall–Kier alpha value is -2.68. The van der Waals surface area contributed by atoms with Gasteiger partial charge in [-0.2, -0.15) is 13.2 Å². The zero-order valence-corrected chi connectivity index (χ0v) is 21.6. The van der Waals surface area contributed by atoms with E-state index in [1.165, 1.54) is 6.08 Å². The summed E-state index contributed by atoms with van der Waals surface area (Å²) in [4.78, 5) is 28.6. The van der Waals surface area contributed by atoms with E-state index in [-0.39, 0.29) is 20.8 Å². The average Bonchev–Trinajstić information content (AvgIpc) is 3.28. The number of rotatable bonds is 4. The molecule has 5 heterocycles. The summed E-state index contributed by atoms with van der Waals surface area (Å²) < 4.78 is 41.8. The van der Waals surface area contributed by atoms with Gasteiger partial charge in [0.2, 0.25) is 0 Å². The molecule has 0 saturated carbocycles. The summed E-state index contributed by atoms with van der Waals surface area (Å²) in [6.45, 7) is 2.09. The van der Waals surface area contributed by atoms with Crippen molar-refractivity contribution in [2.75, 3.05) is 46.9 Å².